The summed E-state index contributed by atoms with van der Waals surface area (Å²) in [4.78, 5) is 21.8. The van der Waals surface area contributed by atoms with Gasteiger partial charge in [0.25, 0.3) is 5.69 Å². The molecule has 0 aromatic heterocycles. The third-order valence-electron chi connectivity index (χ3n) is 2.30. The van der Waals surface area contributed by atoms with Crippen molar-refractivity contribution in [3.05, 3.63) is 45.5 Å². The van der Waals surface area contributed by atoms with Gasteiger partial charge in [-0.05, 0) is 11.6 Å². The Morgan fingerprint density at radius 1 is 1.50 bits per heavy atom. The van der Waals surface area contributed by atoms with Gasteiger partial charge in [-0.1, -0.05) is 26.0 Å². The van der Waals surface area contributed by atoms with Crippen LogP contribution in [-0.2, 0) is 4.79 Å². The summed E-state index contributed by atoms with van der Waals surface area (Å²) in [6, 6.07) is 7.62. The Kier molecular flexibility index (Phi) is 4.33. The van der Waals surface area contributed by atoms with E-state index in [0.29, 0.717) is 5.56 Å². The number of hydrogen-bond acceptors (Lipinski definition) is 4. The van der Waals surface area contributed by atoms with Crippen LogP contribution in [0.4, 0.5) is 5.69 Å². The largest absolute Gasteiger partial charge is 0.293 e. The lowest BCUT2D eigenvalue weighted by Crippen LogP contribution is -2.08. The van der Waals surface area contributed by atoms with E-state index in [9.17, 15) is 14.9 Å². The molecule has 1 aromatic carbocycles. The minimum Gasteiger partial charge on any atom is -0.293 e. The molecule has 0 unspecified atom stereocenters. The van der Waals surface area contributed by atoms with Gasteiger partial charge < -0.3 is 0 Å². The normalized spacial score (nSPS) is 11.1. The average Bonchev–Trinajstić information content (AvgIpc) is 2.35. The van der Waals surface area contributed by atoms with Crippen molar-refractivity contribution >= 4 is 17.5 Å². The van der Waals surface area contributed by atoms with E-state index < -0.39 is 4.92 Å². The zero-order chi connectivity index (χ0) is 13.7. The molecule has 0 fully saturated rings. The molecular formula is C13H12N2O3. The second kappa shape index (κ2) is 5.73. The molecule has 1 aromatic rings. The van der Waals surface area contributed by atoms with Crippen LogP contribution in [0.25, 0.3) is 6.08 Å². The van der Waals surface area contributed by atoms with E-state index in [-0.39, 0.29) is 23.0 Å². The number of carbonyl (C=O) groups excluding carboxylic acids is 1. The van der Waals surface area contributed by atoms with Crippen molar-refractivity contribution in [1.82, 2.24) is 0 Å². The molecule has 92 valence electrons. The van der Waals surface area contributed by atoms with E-state index in [1.807, 2.05) is 6.07 Å². The summed E-state index contributed by atoms with van der Waals surface area (Å²) in [5.74, 6) is -0.557. The first-order valence-corrected chi connectivity index (χ1v) is 5.36. The molecule has 0 aliphatic heterocycles. The van der Waals surface area contributed by atoms with Gasteiger partial charge in [-0.25, -0.2) is 0 Å². The number of rotatable bonds is 4. The Hall–Kier alpha value is -2.48. The van der Waals surface area contributed by atoms with Crippen molar-refractivity contribution in [2.24, 2.45) is 5.92 Å². The smallest absolute Gasteiger partial charge is 0.270 e. The van der Waals surface area contributed by atoms with Crippen LogP contribution in [0.3, 0.4) is 0 Å². The number of benzene rings is 1. The lowest BCUT2D eigenvalue weighted by Gasteiger charge is -2.02. The summed E-state index contributed by atoms with van der Waals surface area (Å²) in [6.45, 7) is 3.39. The average molecular weight is 244 g/mol. The first-order valence-electron chi connectivity index (χ1n) is 5.36. The van der Waals surface area contributed by atoms with Crippen LogP contribution in [0.1, 0.15) is 19.4 Å². The van der Waals surface area contributed by atoms with Gasteiger partial charge >= 0.3 is 0 Å². The minimum atomic E-state index is -0.520. The first-order chi connectivity index (χ1) is 8.45. The molecule has 0 N–H and O–H groups in total. The maximum atomic E-state index is 11.7. The molecule has 18 heavy (non-hydrogen) atoms. The maximum absolute atomic E-state index is 11.7. The van der Waals surface area contributed by atoms with E-state index in [0.717, 1.165) is 0 Å². The zero-order valence-corrected chi connectivity index (χ0v) is 10.1. The lowest BCUT2D eigenvalue weighted by atomic mass is 10.00. The molecular weight excluding hydrogens is 232 g/mol. The molecule has 0 heterocycles. The lowest BCUT2D eigenvalue weighted by molar-refractivity contribution is -0.384. The van der Waals surface area contributed by atoms with Crippen LogP contribution < -0.4 is 0 Å². The van der Waals surface area contributed by atoms with Crippen molar-refractivity contribution in [3.63, 3.8) is 0 Å². The molecule has 0 amide bonds. The van der Waals surface area contributed by atoms with Crippen LogP contribution in [0.15, 0.2) is 29.8 Å². The number of allylic oxidation sites excluding steroid dienone is 1. The SMILES string of the molecule is CC(C)C(=O)/C(C#N)=C\c1cccc([N+](=O)[O-])c1. The summed E-state index contributed by atoms with van der Waals surface area (Å²) in [7, 11) is 0. The Morgan fingerprint density at radius 2 is 2.17 bits per heavy atom. The van der Waals surface area contributed by atoms with Gasteiger partial charge in [0.15, 0.2) is 5.78 Å². The molecule has 5 heteroatoms. The van der Waals surface area contributed by atoms with Crippen molar-refractivity contribution in [2.45, 2.75) is 13.8 Å². The quantitative estimate of drug-likeness (QED) is 0.353. The van der Waals surface area contributed by atoms with Gasteiger partial charge in [0, 0.05) is 18.1 Å². The minimum absolute atomic E-state index is 0.00509. The van der Waals surface area contributed by atoms with Gasteiger partial charge in [0.2, 0.25) is 0 Å². The molecule has 0 atom stereocenters. The predicted molar refractivity (Wildman–Crippen MR) is 66.5 cm³/mol. The number of nitro benzene ring substituents is 1. The van der Waals surface area contributed by atoms with Gasteiger partial charge in [-0.3, -0.25) is 14.9 Å². The molecule has 0 radical (unpaired) electrons. The second-order valence-corrected chi connectivity index (χ2v) is 4.04. The van der Waals surface area contributed by atoms with Crippen LogP contribution in [-0.4, -0.2) is 10.7 Å². The molecule has 0 aliphatic rings. The van der Waals surface area contributed by atoms with E-state index in [1.165, 1.54) is 24.3 Å². The van der Waals surface area contributed by atoms with Crippen molar-refractivity contribution < 1.29 is 9.72 Å². The predicted octanol–water partition coefficient (Wildman–Crippen LogP) is 2.73. The van der Waals surface area contributed by atoms with Gasteiger partial charge in [0.05, 0.1) is 10.5 Å². The Morgan fingerprint density at radius 3 is 2.67 bits per heavy atom. The summed E-state index contributed by atoms with van der Waals surface area (Å²) < 4.78 is 0. The van der Waals surface area contributed by atoms with E-state index >= 15 is 0 Å². The molecule has 0 bridgehead atoms. The third kappa shape index (κ3) is 3.25. The van der Waals surface area contributed by atoms with E-state index in [1.54, 1.807) is 19.9 Å². The third-order valence-corrected chi connectivity index (χ3v) is 2.30. The first kappa shape index (κ1) is 13.6. The van der Waals surface area contributed by atoms with Gasteiger partial charge in [0.1, 0.15) is 6.07 Å². The monoisotopic (exact) mass is 244 g/mol. The fraction of sp³-hybridized carbons (Fsp3) is 0.231. The van der Waals surface area contributed by atoms with Crippen molar-refractivity contribution in [1.29, 1.82) is 5.26 Å². The number of Topliss-reactive ketones (excluding diaryl/α,β-unsaturated/α-hetero) is 1. The fourth-order valence-corrected chi connectivity index (χ4v) is 1.36. The van der Waals surface area contributed by atoms with Gasteiger partial charge in [-0.15, -0.1) is 0 Å². The Balaban J connectivity index is 3.15. The number of nitrogens with zero attached hydrogens (tertiary/aromatic N) is 2. The molecule has 0 aliphatic carbocycles. The summed E-state index contributed by atoms with van der Waals surface area (Å²) in [5.41, 5.74) is 0.401. The number of nitro groups is 1. The van der Waals surface area contributed by atoms with E-state index in [4.69, 9.17) is 5.26 Å². The molecule has 1 rings (SSSR count). The molecule has 0 spiro atoms. The highest BCUT2D eigenvalue weighted by Crippen LogP contribution is 2.17. The maximum Gasteiger partial charge on any atom is 0.270 e. The highest BCUT2D eigenvalue weighted by molar-refractivity contribution is 6.04. The van der Waals surface area contributed by atoms with Crippen molar-refractivity contribution in [2.75, 3.05) is 0 Å². The Labute approximate surface area is 105 Å². The Bertz CT molecular complexity index is 554. The highest BCUT2D eigenvalue weighted by Gasteiger charge is 2.13. The number of non-ortho nitro benzene ring substituents is 1. The van der Waals surface area contributed by atoms with Crippen LogP contribution in [0.2, 0.25) is 0 Å². The highest BCUT2D eigenvalue weighted by atomic mass is 16.6. The van der Waals surface area contributed by atoms with Crippen molar-refractivity contribution in [3.8, 4) is 6.07 Å². The van der Waals surface area contributed by atoms with Gasteiger partial charge in [-0.2, -0.15) is 5.26 Å². The van der Waals surface area contributed by atoms with Crippen LogP contribution >= 0.6 is 0 Å². The fourth-order valence-electron chi connectivity index (χ4n) is 1.36. The summed E-state index contributed by atoms with van der Waals surface area (Å²) >= 11 is 0. The second-order valence-electron chi connectivity index (χ2n) is 4.04. The topological polar surface area (TPSA) is 84.0 Å². The zero-order valence-electron chi connectivity index (χ0n) is 10.1. The molecule has 0 saturated heterocycles. The van der Waals surface area contributed by atoms with Crippen LogP contribution in [0.5, 0.6) is 0 Å². The number of hydrogen-bond donors (Lipinski definition) is 0. The number of carbonyl (C=O) groups is 1. The number of ketones is 1. The van der Waals surface area contributed by atoms with E-state index in [2.05, 4.69) is 0 Å². The molecule has 0 saturated carbocycles. The van der Waals surface area contributed by atoms with Crippen LogP contribution in [0, 0.1) is 27.4 Å². The molecule has 5 nitrogen and oxygen atoms in total. The summed E-state index contributed by atoms with van der Waals surface area (Å²) in [6.07, 6.45) is 1.37. The standard InChI is InChI=1S/C13H12N2O3/c1-9(2)13(16)11(8-14)6-10-4-3-5-12(7-10)15(17)18/h3-7,9H,1-2H3/b11-6-. The summed E-state index contributed by atoms with van der Waals surface area (Å²) in [5, 5.41) is 19.5. The number of nitriles is 1.